The molecule has 1 fully saturated rings. The summed E-state index contributed by atoms with van der Waals surface area (Å²) in [6, 6.07) is 3.78. The molecule has 2 aromatic rings. The van der Waals surface area contributed by atoms with E-state index in [1.807, 2.05) is 12.1 Å². The Morgan fingerprint density at radius 1 is 1.25 bits per heavy atom. The van der Waals surface area contributed by atoms with Crippen molar-refractivity contribution in [3.05, 3.63) is 12.1 Å². The molecular weight excluding hydrogens is 254 g/mol. The van der Waals surface area contributed by atoms with Gasteiger partial charge in [0.25, 0.3) is 0 Å². The Labute approximate surface area is 118 Å². The summed E-state index contributed by atoms with van der Waals surface area (Å²) < 4.78 is 4.80. The van der Waals surface area contributed by atoms with E-state index in [9.17, 15) is 0 Å². The third-order valence-electron chi connectivity index (χ3n) is 4.54. The maximum Gasteiger partial charge on any atom is 0.160 e. The number of hydrogen-bond acceptors (Lipinski definition) is 6. The van der Waals surface area contributed by atoms with Gasteiger partial charge in [0.05, 0.1) is 11.4 Å². The number of anilines is 2. The molecule has 0 aliphatic heterocycles. The lowest BCUT2D eigenvalue weighted by molar-refractivity contribution is 0.172. The molecule has 108 valence electrons. The van der Waals surface area contributed by atoms with Crippen molar-refractivity contribution in [2.24, 2.45) is 0 Å². The van der Waals surface area contributed by atoms with Crippen LogP contribution in [0.2, 0.25) is 0 Å². The van der Waals surface area contributed by atoms with E-state index in [0.717, 1.165) is 12.2 Å². The van der Waals surface area contributed by atoms with Gasteiger partial charge in [0.15, 0.2) is 11.0 Å². The smallest absolute Gasteiger partial charge is 0.160 e. The Morgan fingerprint density at radius 3 is 2.65 bits per heavy atom. The van der Waals surface area contributed by atoms with Gasteiger partial charge in [-0.05, 0) is 49.4 Å². The van der Waals surface area contributed by atoms with E-state index in [1.54, 1.807) is 0 Å². The summed E-state index contributed by atoms with van der Waals surface area (Å²) in [5, 5.41) is 11.3. The molecule has 1 aromatic heterocycles. The molecule has 0 bridgehead atoms. The van der Waals surface area contributed by atoms with Crippen molar-refractivity contribution in [2.45, 2.75) is 31.2 Å². The number of benzene rings is 1. The van der Waals surface area contributed by atoms with Gasteiger partial charge in [0.1, 0.15) is 0 Å². The summed E-state index contributed by atoms with van der Waals surface area (Å²) in [6.45, 7) is 0.895. The summed E-state index contributed by atoms with van der Waals surface area (Å²) in [5.74, 6) is 0. The van der Waals surface area contributed by atoms with Crippen molar-refractivity contribution in [3.63, 3.8) is 0 Å². The van der Waals surface area contributed by atoms with Crippen LogP contribution in [0.5, 0.6) is 0 Å². The second-order valence-electron chi connectivity index (χ2n) is 5.84. The van der Waals surface area contributed by atoms with Gasteiger partial charge < -0.3 is 16.0 Å². The standard InChI is InChI=1S/C14H21N5O/c1-19(2)14(7-3-4-8-14)9-16-11-6-5-10(15)12-13(11)18-20-17-12/h5-6,16H,3-4,7-9,15H2,1-2H3. The maximum atomic E-state index is 5.86. The molecule has 0 spiro atoms. The van der Waals surface area contributed by atoms with Crippen LogP contribution >= 0.6 is 0 Å². The minimum Gasteiger partial charge on any atom is -0.397 e. The molecule has 20 heavy (non-hydrogen) atoms. The Hall–Kier alpha value is -1.82. The van der Waals surface area contributed by atoms with Gasteiger partial charge >= 0.3 is 0 Å². The van der Waals surface area contributed by atoms with Crippen LogP contribution in [0.15, 0.2) is 16.8 Å². The highest BCUT2D eigenvalue weighted by molar-refractivity contribution is 5.94. The van der Waals surface area contributed by atoms with Gasteiger partial charge in [-0.3, -0.25) is 0 Å². The minimum absolute atomic E-state index is 0.227. The number of likely N-dealkylation sites (N-methyl/N-ethyl adjacent to an activating group) is 1. The van der Waals surface area contributed by atoms with E-state index in [2.05, 4.69) is 34.6 Å². The zero-order valence-corrected chi connectivity index (χ0v) is 12.0. The minimum atomic E-state index is 0.227. The Bertz CT molecular complexity index is 601. The third kappa shape index (κ3) is 2.10. The first kappa shape index (κ1) is 13.2. The van der Waals surface area contributed by atoms with Crippen molar-refractivity contribution >= 4 is 22.4 Å². The van der Waals surface area contributed by atoms with Crippen molar-refractivity contribution in [1.82, 2.24) is 15.2 Å². The molecule has 1 aliphatic rings. The lowest BCUT2D eigenvalue weighted by Gasteiger charge is -2.36. The van der Waals surface area contributed by atoms with Gasteiger partial charge in [-0.15, -0.1) is 0 Å². The van der Waals surface area contributed by atoms with Crippen LogP contribution in [0.4, 0.5) is 11.4 Å². The average Bonchev–Trinajstić information content (AvgIpc) is 3.08. The summed E-state index contributed by atoms with van der Waals surface area (Å²) >= 11 is 0. The largest absolute Gasteiger partial charge is 0.397 e. The van der Waals surface area contributed by atoms with Crippen LogP contribution in [0.3, 0.4) is 0 Å². The molecule has 3 rings (SSSR count). The molecule has 0 atom stereocenters. The zero-order valence-electron chi connectivity index (χ0n) is 12.0. The summed E-state index contributed by atoms with van der Waals surface area (Å²) in [4.78, 5) is 2.34. The molecule has 6 nitrogen and oxygen atoms in total. The summed E-state index contributed by atoms with van der Waals surface area (Å²) in [7, 11) is 4.31. The fraction of sp³-hybridized carbons (Fsp3) is 0.571. The highest BCUT2D eigenvalue weighted by Crippen LogP contribution is 2.34. The number of hydrogen-bond donors (Lipinski definition) is 2. The molecule has 0 unspecified atom stereocenters. The number of aromatic nitrogens is 2. The number of rotatable bonds is 4. The highest BCUT2D eigenvalue weighted by atomic mass is 16.6. The number of nitrogens with one attached hydrogen (secondary N) is 1. The van der Waals surface area contributed by atoms with Crippen LogP contribution in [-0.2, 0) is 0 Å². The lowest BCUT2D eigenvalue weighted by Crippen LogP contribution is -2.47. The van der Waals surface area contributed by atoms with Crippen molar-refractivity contribution in [1.29, 1.82) is 0 Å². The molecule has 1 aliphatic carbocycles. The van der Waals surface area contributed by atoms with Crippen LogP contribution in [-0.4, -0.2) is 41.4 Å². The quantitative estimate of drug-likeness (QED) is 0.832. The molecule has 1 aromatic carbocycles. The predicted octanol–water partition coefficient (Wildman–Crippen LogP) is 2.09. The van der Waals surface area contributed by atoms with Crippen molar-refractivity contribution < 1.29 is 4.63 Å². The Balaban J connectivity index is 1.83. The van der Waals surface area contributed by atoms with Gasteiger partial charge in [0.2, 0.25) is 0 Å². The monoisotopic (exact) mass is 275 g/mol. The molecule has 1 heterocycles. The van der Waals surface area contributed by atoms with Gasteiger partial charge in [-0.25, -0.2) is 4.63 Å². The SMILES string of the molecule is CN(C)C1(CNc2ccc(N)c3nonc23)CCCC1. The number of nitrogens with two attached hydrogens (primary N) is 1. The van der Waals surface area contributed by atoms with Crippen LogP contribution in [0.1, 0.15) is 25.7 Å². The summed E-state index contributed by atoms with van der Waals surface area (Å²) in [5.41, 5.74) is 8.95. The first-order valence-corrected chi connectivity index (χ1v) is 7.04. The van der Waals surface area contributed by atoms with E-state index in [4.69, 9.17) is 10.4 Å². The van der Waals surface area contributed by atoms with Gasteiger partial charge in [0, 0.05) is 12.1 Å². The van der Waals surface area contributed by atoms with E-state index in [1.165, 1.54) is 25.7 Å². The van der Waals surface area contributed by atoms with Gasteiger partial charge in [-0.2, -0.15) is 0 Å². The normalized spacial score (nSPS) is 17.9. The fourth-order valence-corrected chi connectivity index (χ4v) is 3.10. The van der Waals surface area contributed by atoms with Crippen molar-refractivity contribution in [2.75, 3.05) is 31.7 Å². The first-order chi connectivity index (χ1) is 9.62. The maximum absolute atomic E-state index is 5.86. The van der Waals surface area contributed by atoms with E-state index in [-0.39, 0.29) is 5.54 Å². The number of nitrogen functional groups attached to an aromatic ring is 1. The Kier molecular flexibility index (Phi) is 3.25. The van der Waals surface area contributed by atoms with Crippen LogP contribution in [0.25, 0.3) is 11.0 Å². The second-order valence-corrected chi connectivity index (χ2v) is 5.84. The zero-order chi connectivity index (χ0) is 14.2. The van der Waals surface area contributed by atoms with E-state index in [0.29, 0.717) is 16.7 Å². The van der Waals surface area contributed by atoms with E-state index >= 15 is 0 Å². The molecule has 0 saturated heterocycles. The molecule has 0 amide bonds. The summed E-state index contributed by atoms with van der Waals surface area (Å²) in [6.07, 6.45) is 5.04. The molecular formula is C14H21N5O. The van der Waals surface area contributed by atoms with E-state index < -0.39 is 0 Å². The predicted molar refractivity (Wildman–Crippen MR) is 79.6 cm³/mol. The molecule has 6 heteroatoms. The number of nitrogens with zero attached hydrogens (tertiary/aromatic N) is 3. The topological polar surface area (TPSA) is 80.2 Å². The lowest BCUT2D eigenvalue weighted by atomic mass is 9.96. The molecule has 0 radical (unpaired) electrons. The first-order valence-electron chi connectivity index (χ1n) is 7.04. The molecule has 1 saturated carbocycles. The fourth-order valence-electron chi connectivity index (χ4n) is 3.10. The third-order valence-corrected chi connectivity index (χ3v) is 4.54. The van der Waals surface area contributed by atoms with Crippen LogP contribution < -0.4 is 11.1 Å². The Morgan fingerprint density at radius 2 is 1.95 bits per heavy atom. The van der Waals surface area contributed by atoms with Crippen LogP contribution in [0, 0.1) is 0 Å². The number of fused-ring (bicyclic) bond motifs is 1. The highest BCUT2D eigenvalue weighted by Gasteiger charge is 2.35. The second kappa shape index (κ2) is 4.94. The average molecular weight is 275 g/mol. The van der Waals surface area contributed by atoms with Crippen molar-refractivity contribution in [3.8, 4) is 0 Å². The van der Waals surface area contributed by atoms with Gasteiger partial charge in [-0.1, -0.05) is 12.8 Å². The molecule has 3 N–H and O–H groups in total.